The third kappa shape index (κ3) is 7.39. The predicted molar refractivity (Wildman–Crippen MR) is 141 cm³/mol. The molecule has 1 aliphatic carbocycles. The van der Waals surface area contributed by atoms with Crippen LogP contribution in [-0.2, 0) is 22.6 Å². The lowest BCUT2D eigenvalue weighted by Gasteiger charge is -2.37. The van der Waals surface area contributed by atoms with Gasteiger partial charge in [0.25, 0.3) is 0 Å². The summed E-state index contributed by atoms with van der Waals surface area (Å²) < 4.78 is 26.0. The zero-order valence-electron chi connectivity index (χ0n) is 20.8. The largest absolute Gasteiger partial charge is 0.488 e. The summed E-state index contributed by atoms with van der Waals surface area (Å²) in [5.74, 6) is 0.313. The number of halogens is 2. The van der Waals surface area contributed by atoms with Gasteiger partial charge in [0, 0.05) is 11.4 Å². The van der Waals surface area contributed by atoms with Crippen molar-refractivity contribution in [2.45, 2.75) is 70.1 Å². The van der Waals surface area contributed by atoms with Crippen molar-refractivity contribution in [3.63, 3.8) is 0 Å². The Balaban J connectivity index is 1.44. The molecule has 4 rings (SSSR count). The smallest absolute Gasteiger partial charge is 0.129 e. The SMILES string of the molecule is CC(=O)CCCc1ccc(OC2CCC(OCc3ccc(Cl)cc3)[C@@H](O)[C@H]2O)cc1-c1cccc(F)c1. The van der Waals surface area contributed by atoms with Crippen LogP contribution in [0, 0.1) is 5.82 Å². The molecule has 196 valence electrons. The highest BCUT2D eigenvalue weighted by Crippen LogP contribution is 2.33. The number of ether oxygens (including phenoxy) is 2. The van der Waals surface area contributed by atoms with E-state index in [9.17, 15) is 19.4 Å². The van der Waals surface area contributed by atoms with Crippen LogP contribution < -0.4 is 4.74 Å². The highest BCUT2D eigenvalue weighted by atomic mass is 35.5. The number of hydrogen-bond acceptors (Lipinski definition) is 5. The van der Waals surface area contributed by atoms with Gasteiger partial charge >= 0.3 is 0 Å². The van der Waals surface area contributed by atoms with Crippen LogP contribution in [0.15, 0.2) is 66.7 Å². The Morgan fingerprint density at radius 1 is 1.00 bits per heavy atom. The number of ketones is 1. The quantitative estimate of drug-likeness (QED) is 0.343. The van der Waals surface area contributed by atoms with Crippen molar-refractivity contribution in [2.24, 2.45) is 0 Å². The van der Waals surface area contributed by atoms with Gasteiger partial charge in [-0.05, 0) is 91.3 Å². The van der Waals surface area contributed by atoms with E-state index < -0.39 is 24.4 Å². The Kier molecular flexibility index (Phi) is 9.33. The van der Waals surface area contributed by atoms with E-state index in [1.165, 1.54) is 12.1 Å². The molecule has 0 heterocycles. The third-order valence-corrected chi connectivity index (χ3v) is 6.96. The minimum absolute atomic E-state index is 0.132. The van der Waals surface area contributed by atoms with Crippen molar-refractivity contribution in [1.29, 1.82) is 0 Å². The first-order valence-electron chi connectivity index (χ1n) is 12.6. The molecular formula is C30H32ClFO5. The fraction of sp³-hybridized carbons (Fsp3) is 0.367. The summed E-state index contributed by atoms with van der Waals surface area (Å²) in [7, 11) is 0. The minimum atomic E-state index is -1.13. The second-order valence-electron chi connectivity index (χ2n) is 9.58. The van der Waals surface area contributed by atoms with E-state index in [0.29, 0.717) is 55.0 Å². The molecule has 2 unspecified atom stereocenters. The van der Waals surface area contributed by atoms with Gasteiger partial charge in [0.2, 0.25) is 0 Å². The van der Waals surface area contributed by atoms with Gasteiger partial charge in [0.15, 0.2) is 0 Å². The van der Waals surface area contributed by atoms with Crippen LogP contribution in [0.25, 0.3) is 11.1 Å². The highest BCUT2D eigenvalue weighted by Gasteiger charge is 2.39. The van der Waals surface area contributed by atoms with Crippen LogP contribution in [0.1, 0.15) is 43.7 Å². The molecule has 0 bridgehead atoms. The predicted octanol–water partition coefficient (Wildman–Crippen LogP) is 5.91. The molecule has 3 aromatic carbocycles. The number of aryl methyl sites for hydroxylation is 1. The molecule has 7 heteroatoms. The summed E-state index contributed by atoms with van der Waals surface area (Å²) in [6, 6.07) is 19.2. The lowest BCUT2D eigenvalue weighted by Crippen LogP contribution is -2.52. The molecule has 2 N–H and O–H groups in total. The molecule has 0 spiro atoms. The topological polar surface area (TPSA) is 76.0 Å². The van der Waals surface area contributed by atoms with E-state index in [4.69, 9.17) is 21.1 Å². The molecule has 0 saturated heterocycles. The van der Waals surface area contributed by atoms with E-state index >= 15 is 0 Å². The second-order valence-corrected chi connectivity index (χ2v) is 10.0. The summed E-state index contributed by atoms with van der Waals surface area (Å²) in [6.07, 6.45) is -0.488. The van der Waals surface area contributed by atoms with Crippen molar-refractivity contribution in [1.82, 2.24) is 0 Å². The summed E-state index contributed by atoms with van der Waals surface area (Å²) >= 11 is 5.92. The zero-order valence-corrected chi connectivity index (χ0v) is 21.5. The van der Waals surface area contributed by atoms with Crippen molar-refractivity contribution in [3.8, 4) is 16.9 Å². The van der Waals surface area contributed by atoms with E-state index in [1.807, 2.05) is 36.4 Å². The Bertz CT molecular complexity index is 1200. The van der Waals surface area contributed by atoms with Gasteiger partial charge in [-0.2, -0.15) is 0 Å². The third-order valence-electron chi connectivity index (χ3n) is 6.70. The fourth-order valence-electron chi connectivity index (χ4n) is 4.68. The van der Waals surface area contributed by atoms with Gasteiger partial charge in [0.05, 0.1) is 12.7 Å². The number of carbonyl (C=O) groups excluding carboxylic acids is 1. The molecule has 1 aliphatic rings. The Morgan fingerprint density at radius 2 is 1.73 bits per heavy atom. The Labute approximate surface area is 221 Å². The minimum Gasteiger partial charge on any atom is -0.488 e. The number of carbonyl (C=O) groups is 1. The Hall–Kier alpha value is -2.77. The molecule has 1 fully saturated rings. The zero-order chi connectivity index (χ0) is 26.4. The Morgan fingerprint density at radius 3 is 2.46 bits per heavy atom. The van der Waals surface area contributed by atoms with E-state index in [0.717, 1.165) is 16.7 Å². The lowest BCUT2D eigenvalue weighted by atomic mass is 9.89. The van der Waals surface area contributed by atoms with Crippen LogP contribution >= 0.6 is 11.6 Å². The lowest BCUT2D eigenvalue weighted by molar-refractivity contribution is -0.150. The number of aliphatic hydroxyl groups excluding tert-OH is 2. The van der Waals surface area contributed by atoms with E-state index in [2.05, 4.69) is 0 Å². The van der Waals surface area contributed by atoms with Gasteiger partial charge in [-0.3, -0.25) is 0 Å². The van der Waals surface area contributed by atoms with Crippen molar-refractivity contribution >= 4 is 17.4 Å². The molecule has 5 nitrogen and oxygen atoms in total. The van der Waals surface area contributed by atoms with E-state index in [1.54, 1.807) is 25.1 Å². The molecule has 37 heavy (non-hydrogen) atoms. The monoisotopic (exact) mass is 526 g/mol. The van der Waals surface area contributed by atoms with Crippen molar-refractivity contribution in [2.75, 3.05) is 0 Å². The summed E-state index contributed by atoms with van der Waals surface area (Å²) in [6.45, 7) is 1.88. The molecule has 1 saturated carbocycles. The van der Waals surface area contributed by atoms with Gasteiger partial charge in [-0.15, -0.1) is 0 Å². The molecule has 0 amide bonds. The first-order valence-corrected chi connectivity index (χ1v) is 12.9. The maximum Gasteiger partial charge on any atom is 0.129 e. The van der Waals surface area contributed by atoms with Crippen LogP contribution in [0.3, 0.4) is 0 Å². The van der Waals surface area contributed by atoms with Gasteiger partial charge in [-0.1, -0.05) is 41.9 Å². The number of benzene rings is 3. The van der Waals surface area contributed by atoms with E-state index in [-0.39, 0.29) is 11.6 Å². The van der Waals surface area contributed by atoms with Crippen LogP contribution in [0.5, 0.6) is 5.75 Å². The summed E-state index contributed by atoms with van der Waals surface area (Å²) in [4.78, 5) is 11.4. The molecular weight excluding hydrogens is 495 g/mol. The number of hydrogen-bond donors (Lipinski definition) is 2. The molecule has 0 aromatic heterocycles. The van der Waals surface area contributed by atoms with Crippen molar-refractivity contribution < 1.29 is 28.9 Å². The average molecular weight is 527 g/mol. The summed E-state index contributed by atoms with van der Waals surface area (Å²) in [5, 5.41) is 22.1. The van der Waals surface area contributed by atoms with Crippen molar-refractivity contribution in [3.05, 3.63) is 88.7 Å². The fourth-order valence-corrected chi connectivity index (χ4v) is 4.80. The second kappa shape index (κ2) is 12.7. The molecule has 0 radical (unpaired) electrons. The van der Waals surface area contributed by atoms with Gasteiger partial charge < -0.3 is 24.5 Å². The first-order chi connectivity index (χ1) is 17.8. The number of Topliss-reactive ketones (excluding diaryl/α,β-unsaturated/α-hetero) is 1. The maximum absolute atomic E-state index is 14.0. The maximum atomic E-state index is 14.0. The molecule has 4 atom stereocenters. The number of aliphatic hydroxyl groups is 2. The normalized spacial score (nSPS) is 21.5. The highest BCUT2D eigenvalue weighted by molar-refractivity contribution is 6.30. The van der Waals surface area contributed by atoms with Crippen LogP contribution in [0.2, 0.25) is 5.02 Å². The summed E-state index contributed by atoms with van der Waals surface area (Å²) in [5.41, 5.74) is 3.44. The van der Waals surface area contributed by atoms with Crippen LogP contribution in [-0.4, -0.2) is 40.4 Å². The number of rotatable bonds is 10. The van der Waals surface area contributed by atoms with Gasteiger partial charge in [0.1, 0.15) is 35.7 Å². The van der Waals surface area contributed by atoms with Gasteiger partial charge in [-0.25, -0.2) is 4.39 Å². The first kappa shape index (κ1) is 27.3. The molecule has 0 aliphatic heterocycles. The average Bonchev–Trinajstić information content (AvgIpc) is 2.88. The molecule has 3 aromatic rings. The standard InChI is InChI=1S/C30H32ClFO5/c1-19(33)4-2-5-21-10-13-25(17-26(21)22-6-3-7-24(32)16-22)37-28-15-14-27(29(34)30(28)35)36-18-20-8-11-23(31)12-9-20/h3,6-13,16-17,27-30,34-35H,2,4-5,14-15,18H2,1H3/t27?,28?,29-,30+/m1/s1. The van der Waals surface area contributed by atoms with Crippen LogP contribution in [0.4, 0.5) is 4.39 Å².